The summed E-state index contributed by atoms with van der Waals surface area (Å²) in [5.74, 6) is -0.820. The average molecular weight is 618 g/mol. The first-order valence-corrected chi connectivity index (χ1v) is 15.1. The molecule has 1 N–H and O–H groups in total. The number of oxazole rings is 1. The molecule has 0 atom stereocenters. The molecule has 12 heteroatoms. The van der Waals surface area contributed by atoms with Gasteiger partial charge in [0.15, 0.2) is 11.4 Å². The van der Waals surface area contributed by atoms with Gasteiger partial charge in [-0.3, -0.25) is 9.10 Å². The number of fused-ring (bicyclic) bond motifs is 2. The predicted molar refractivity (Wildman–Crippen MR) is 163 cm³/mol. The standard InChI is InChI=1S/C32H25F2N3O6S/c1-35-31(38)28-21-15-20(18-10-13-26(41-3)22(14-18)32-36-24-7-5-6-23(34)30(24)43-32)25(37(2)44(4,39)40)16-27(21)42-29(28)17-8-11-19(33)12-9-17/h5-16H,1-4H3,(H,35,38). The van der Waals surface area contributed by atoms with E-state index >= 15 is 0 Å². The summed E-state index contributed by atoms with van der Waals surface area (Å²) in [4.78, 5) is 17.6. The number of furan rings is 1. The van der Waals surface area contributed by atoms with Crippen molar-refractivity contribution in [3.63, 3.8) is 0 Å². The summed E-state index contributed by atoms with van der Waals surface area (Å²) in [5.41, 5.74) is 2.76. The molecule has 0 bridgehead atoms. The van der Waals surface area contributed by atoms with Crippen LogP contribution in [-0.2, 0) is 10.0 Å². The molecular weight excluding hydrogens is 592 g/mol. The Bertz CT molecular complexity index is 2190. The molecule has 0 radical (unpaired) electrons. The van der Waals surface area contributed by atoms with Crippen molar-refractivity contribution in [2.45, 2.75) is 0 Å². The van der Waals surface area contributed by atoms with Crippen LogP contribution in [-0.4, -0.2) is 46.8 Å². The molecule has 1 amide bonds. The van der Waals surface area contributed by atoms with Gasteiger partial charge in [-0.1, -0.05) is 12.1 Å². The number of benzene rings is 4. The second kappa shape index (κ2) is 10.8. The Labute approximate surface area is 250 Å². The van der Waals surface area contributed by atoms with Gasteiger partial charge in [0.05, 0.1) is 30.2 Å². The van der Waals surface area contributed by atoms with Crippen molar-refractivity contribution >= 4 is 43.7 Å². The zero-order valence-electron chi connectivity index (χ0n) is 23.9. The van der Waals surface area contributed by atoms with Gasteiger partial charge < -0.3 is 18.9 Å². The third kappa shape index (κ3) is 4.92. The monoisotopic (exact) mass is 617 g/mol. The molecule has 0 unspecified atom stereocenters. The van der Waals surface area contributed by atoms with Crippen molar-refractivity contribution in [3.05, 3.63) is 90.0 Å². The quantitative estimate of drug-likeness (QED) is 0.214. The molecule has 0 saturated heterocycles. The molecule has 2 heterocycles. The van der Waals surface area contributed by atoms with Gasteiger partial charge >= 0.3 is 0 Å². The number of rotatable bonds is 7. The summed E-state index contributed by atoms with van der Waals surface area (Å²) in [6.07, 6.45) is 1.06. The normalized spacial score (nSPS) is 11.7. The highest BCUT2D eigenvalue weighted by atomic mass is 32.2. The minimum Gasteiger partial charge on any atom is -0.496 e. The summed E-state index contributed by atoms with van der Waals surface area (Å²) >= 11 is 0. The molecule has 0 aliphatic rings. The maximum atomic E-state index is 14.4. The highest BCUT2D eigenvalue weighted by Crippen LogP contribution is 2.43. The van der Waals surface area contributed by atoms with E-state index in [1.807, 2.05) is 0 Å². The van der Waals surface area contributed by atoms with E-state index in [-0.39, 0.29) is 34.1 Å². The van der Waals surface area contributed by atoms with Crippen molar-refractivity contribution in [3.8, 4) is 39.7 Å². The molecule has 0 aliphatic carbocycles. The lowest BCUT2D eigenvalue weighted by molar-refractivity contribution is 0.0964. The number of hydrogen-bond acceptors (Lipinski definition) is 7. The minimum absolute atomic E-state index is 0.0178. The molecule has 2 aromatic heterocycles. The summed E-state index contributed by atoms with van der Waals surface area (Å²) in [5, 5.41) is 3.01. The SMILES string of the molecule is CNC(=O)c1c(-c2ccc(F)cc2)oc2cc(N(C)S(C)(=O)=O)c(-c3ccc(OC)c(-c4nc5cccc(F)c5o4)c3)cc12. The second-order valence-corrected chi connectivity index (χ2v) is 12.0. The highest BCUT2D eigenvalue weighted by molar-refractivity contribution is 7.92. The van der Waals surface area contributed by atoms with E-state index in [0.717, 1.165) is 10.6 Å². The van der Waals surface area contributed by atoms with Crippen LogP contribution in [0.1, 0.15) is 10.4 Å². The second-order valence-electron chi connectivity index (χ2n) is 10.0. The van der Waals surface area contributed by atoms with E-state index in [0.29, 0.717) is 38.9 Å². The number of carbonyl (C=O) groups is 1. The number of ether oxygens (including phenoxy) is 1. The molecule has 4 aromatic carbocycles. The van der Waals surface area contributed by atoms with E-state index in [2.05, 4.69) is 10.3 Å². The Balaban J connectivity index is 1.64. The van der Waals surface area contributed by atoms with Crippen molar-refractivity contribution < 1.29 is 35.6 Å². The van der Waals surface area contributed by atoms with Crippen molar-refractivity contribution in [1.82, 2.24) is 10.3 Å². The molecular formula is C32H25F2N3O6S. The molecule has 6 rings (SSSR count). The molecule has 0 saturated carbocycles. The summed E-state index contributed by atoms with van der Waals surface area (Å²) < 4.78 is 72.2. The Morgan fingerprint density at radius 3 is 2.34 bits per heavy atom. The molecule has 0 spiro atoms. The number of amides is 1. The first-order chi connectivity index (χ1) is 21.0. The fourth-order valence-electron chi connectivity index (χ4n) is 5.03. The van der Waals surface area contributed by atoms with E-state index in [1.165, 1.54) is 63.7 Å². The molecule has 44 heavy (non-hydrogen) atoms. The van der Waals surface area contributed by atoms with E-state index in [4.69, 9.17) is 13.6 Å². The highest BCUT2D eigenvalue weighted by Gasteiger charge is 2.27. The Morgan fingerprint density at radius 1 is 0.955 bits per heavy atom. The van der Waals surface area contributed by atoms with E-state index in [1.54, 1.807) is 30.3 Å². The number of anilines is 1. The zero-order valence-corrected chi connectivity index (χ0v) is 24.8. The lowest BCUT2D eigenvalue weighted by Crippen LogP contribution is -2.25. The lowest BCUT2D eigenvalue weighted by Gasteiger charge is -2.21. The topological polar surface area (TPSA) is 115 Å². The third-order valence-corrected chi connectivity index (χ3v) is 8.50. The molecule has 6 aromatic rings. The third-order valence-electron chi connectivity index (χ3n) is 7.31. The van der Waals surface area contributed by atoms with Gasteiger partial charge in [0.25, 0.3) is 5.91 Å². The Hall–Kier alpha value is -5.23. The maximum Gasteiger partial charge on any atom is 0.255 e. The van der Waals surface area contributed by atoms with E-state index < -0.39 is 27.6 Å². The minimum atomic E-state index is -3.76. The number of para-hydroxylation sites is 1. The van der Waals surface area contributed by atoms with Crippen LogP contribution in [0.5, 0.6) is 5.75 Å². The first-order valence-electron chi connectivity index (χ1n) is 13.3. The van der Waals surface area contributed by atoms with Crippen LogP contribution in [0.2, 0.25) is 0 Å². The fraction of sp³-hybridized carbons (Fsp3) is 0.125. The summed E-state index contributed by atoms with van der Waals surface area (Å²) in [7, 11) is 0.581. The number of halogens is 2. The van der Waals surface area contributed by atoms with Crippen LogP contribution in [0.4, 0.5) is 14.5 Å². The van der Waals surface area contributed by atoms with Gasteiger partial charge in [0, 0.05) is 36.7 Å². The van der Waals surface area contributed by atoms with Gasteiger partial charge in [0.1, 0.15) is 28.4 Å². The van der Waals surface area contributed by atoms with Crippen molar-refractivity contribution in [2.75, 3.05) is 31.8 Å². The molecule has 0 fully saturated rings. The van der Waals surface area contributed by atoms with Crippen LogP contribution in [0.3, 0.4) is 0 Å². The van der Waals surface area contributed by atoms with Crippen LogP contribution in [0.25, 0.3) is 56.0 Å². The summed E-state index contributed by atoms with van der Waals surface area (Å²) in [6, 6.07) is 18.1. The molecule has 224 valence electrons. The molecule has 9 nitrogen and oxygen atoms in total. The number of hydrogen-bond donors (Lipinski definition) is 1. The van der Waals surface area contributed by atoms with Gasteiger partial charge in [-0.25, -0.2) is 22.2 Å². The zero-order chi connectivity index (χ0) is 31.3. The van der Waals surface area contributed by atoms with Gasteiger partial charge in [-0.15, -0.1) is 0 Å². The van der Waals surface area contributed by atoms with Gasteiger partial charge in [-0.2, -0.15) is 0 Å². The average Bonchev–Trinajstić information content (AvgIpc) is 3.62. The maximum absolute atomic E-state index is 14.4. The van der Waals surface area contributed by atoms with Crippen molar-refractivity contribution in [1.29, 1.82) is 0 Å². The van der Waals surface area contributed by atoms with Crippen LogP contribution < -0.4 is 14.4 Å². The number of methoxy groups -OCH3 is 1. The van der Waals surface area contributed by atoms with Gasteiger partial charge in [-0.05, 0) is 60.2 Å². The smallest absolute Gasteiger partial charge is 0.255 e. The van der Waals surface area contributed by atoms with Crippen LogP contribution >= 0.6 is 0 Å². The Morgan fingerprint density at radius 2 is 1.68 bits per heavy atom. The van der Waals surface area contributed by atoms with Crippen LogP contribution in [0, 0.1) is 11.6 Å². The lowest BCUT2D eigenvalue weighted by atomic mass is 9.97. The molecule has 0 aliphatic heterocycles. The number of aromatic nitrogens is 1. The largest absolute Gasteiger partial charge is 0.496 e. The fourth-order valence-corrected chi connectivity index (χ4v) is 5.54. The number of sulfonamides is 1. The summed E-state index contributed by atoms with van der Waals surface area (Å²) in [6.45, 7) is 0. The van der Waals surface area contributed by atoms with Crippen LogP contribution in [0.15, 0.2) is 81.6 Å². The number of nitrogens with one attached hydrogen (secondary N) is 1. The number of nitrogens with zero attached hydrogens (tertiary/aromatic N) is 2. The van der Waals surface area contributed by atoms with Gasteiger partial charge in [0.2, 0.25) is 15.9 Å². The predicted octanol–water partition coefficient (Wildman–Crippen LogP) is 6.62. The van der Waals surface area contributed by atoms with E-state index in [9.17, 15) is 22.0 Å². The Kier molecular flexibility index (Phi) is 7.08. The first kappa shape index (κ1) is 28.9. The van der Waals surface area contributed by atoms with Crippen molar-refractivity contribution in [2.24, 2.45) is 0 Å². The number of carbonyl (C=O) groups excluding carboxylic acids is 1.